The predicted octanol–water partition coefficient (Wildman–Crippen LogP) is 29.5. The van der Waals surface area contributed by atoms with Crippen LogP contribution in [0, 0.1) is 34.6 Å². The largest absolute Gasteiger partial charge is 0.248 e. The number of aryl methyl sites for hydroxylation is 5. The highest BCUT2D eigenvalue weighted by atomic mass is 15.0. The number of hydrogen-bond donors (Lipinski definition) is 0. The van der Waals surface area contributed by atoms with E-state index in [0.717, 1.165) is 130 Å². The average Bonchev–Trinajstić information content (AvgIpc) is 0.823. The number of hydrogen-bond acceptors (Lipinski definition) is 9. The molecule has 5 heterocycles. The van der Waals surface area contributed by atoms with Gasteiger partial charge >= 0.3 is 0 Å². The fourth-order valence-electron chi connectivity index (χ4n) is 14.4. The van der Waals surface area contributed by atoms with Crippen molar-refractivity contribution in [2.24, 2.45) is 0 Å². The van der Waals surface area contributed by atoms with Crippen LogP contribution in [-0.4, -0.2) is 44.9 Å². The van der Waals surface area contributed by atoms with Crippen LogP contribution in [0.1, 0.15) is 27.8 Å². The lowest BCUT2D eigenvalue weighted by molar-refractivity contribution is 1.07. The maximum absolute atomic E-state index is 4.94. The molecule has 0 saturated heterocycles. The zero-order chi connectivity index (χ0) is 85.3. The third-order valence-corrected chi connectivity index (χ3v) is 21.0. The first kappa shape index (κ1) is 82.5. The second-order valence-corrected chi connectivity index (χ2v) is 30.5. The Hall–Kier alpha value is -16.2. The van der Waals surface area contributed by atoms with Crippen molar-refractivity contribution in [1.82, 2.24) is 44.9 Å². The van der Waals surface area contributed by atoms with Gasteiger partial charge in [-0.15, -0.1) is 0 Å². The first-order chi connectivity index (χ1) is 61.5. The normalized spacial score (nSPS) is 10.6. The lowest BCUT2D eigenvalue weighted by atomic mass is 9.99. The van der Waals surface area contributed by atoms with Crippen LogP contribution in [0.3, 0.4) is 0 Å². The van der Waals surface area contributed by atoms with Gasteiger partial charge in [0.05, 0.1) is 45.6 Å². The van der Waals surface area contributed by atoms with E-state index in [9.17, 15) is 0 Å². The highest BCUT2D eigenvalue weighted by Crippen LogP contribution is 2.36. The summed E-state index contributed by atoms with van der Waals surface area (Å²) in [6.07, 6.45) is 0. The lowest BCUT2D eigenvalue weighted by Crippen LogP contribution is -2.00. The van der Waals surface area contributed by atoms with Crippen LogP contribution in [0.25, 0.3) is 169 Å². The van der Waals surface area contributed by atoms with Crippen LogP contribution in [0.15, 0.2) is 461 Å². The molecule has 0 aliphatic heterocycles. The van der Waals surface area contributed by atoms with Crippen molar-refractivity contribution in [3.05, 3.63) is 489 Å². The molecule has 0 aliphatic rings. The van der Waals surface area contributed by atoms with Gasteiger partial charge in [0.2, 0.25) is 0 Å². The smallest absolute Gasteiger partial charge is 0.164 e. The first-order valence-electron chi connectivity index (χ1n) is 42.0. The molecule has 0 amide bonds. The molecular formula is C116H91N9. The second-order valence-electron chi connectivity index (χ2n) is 30.5. The quantitative estimate of drug-likeness (QED) is 0.0989. The van der Waals surface area contributed by atoms with Crippen molar-refractivity contribution < 1.29 is 0 Å². The zero-order valence-electron chi connectivity index (χ0n) is 70.4. The van der Waals surface area contributed by atoms with Crippen molar-refractivity contribution >= 4 is 0 Å². The second kappa shape index (κ2) is 40.7. The van der Waals surface area contributed by atoms with Crippen molar-refractivity contribution in [1.29, 1.82) is 0 Å². The van der Waals surface area contributed by atoms with Gasteiger partial charge in [-0.2, -0.15) is 0 Å². The summed E-state index contributed by atoms with van der Waals surface area (Å²) in [6.45, 7) is 10.5. The Kier molecular flexibility index (Phi) is 26.8. The number of rotatable bonds is 15. The molecule has 600 valence electrons. The van der Waals surface area contributed by atoms with E-state index < -0.39 is 0 Å². The minimum Gasteiger partial charge on any atom is -0.248 e. The van der Waals surface area contributed by atoms with Gasteiger partial charge in [-0.1, -0.05) is 440 Å². The Morgan fingerprint density at radius 1 is 0.104 bits per heavy atom. The summed E-state index contributed by atoms with van der Waals surface area (Å²) in [4.78, 5) is 43.3. The maximum Gasteiger partial charge on any atom is 0.164 e. The summed E-state index contributed by atoms with van der Waals surface area (Å²) in [5.41, 5.74) is 32.6. The van der Waals surface area contributed by atoms with Gasteiger partial charge in [-0.3, -0.25) is 0 Å². The molecule has 20 rings (SSSR count). The molecule has 9 nitrogen and oxygen atoms in total. The molecule has 5 aromatic heterocycles. The van der Waals surface area contributed by atoms with Crippen LogP contribution in [0.5, 0.6) is 0 Å². The molecule has 20 aromatic rings. The minimum absolute atomic E-state index is 0.685. The summed E-state index contributed by atoms with van der Waals surface area (Å²) >= 11 is 0. The molecule has 0 atom stereocenters. The van der Waals surface area contributed by atoms with E-state index in [1.807, 2.05) is 188 Å². The van der Waals surface area contributed by atoms with E-state index in [2.05, 4.69) is 308 Å². The van der Waals surface area contributed by atoms with Crippen LogP contribution < -0.4 is 0 Å². The third kappa shape index (κ3) is 22.1. The molecule has 15 aromatic carbocycles. The van der Waals surface area contributed by atoms with Gasteiger partial charge < -0.3 is 0 Å². The molecule has 0 unspecified atom stereocenters. The molecule has 0 fully saturated rings. The third-order valence-electron chi connectivity index (χ3n) is 21.0. The van der Waals surface area contributed by atoms with Crippen LogP contribution in [0.4, 0.5) is 0 Å². The molecule has 9 heteroatoms. The highest BCUT2D eigenvalue weighted by molar-refractivity contribution is 5.80. The molecule has 0 aliphatic carbocycles. The van der Waals surface area contributed by atoms with Gasteiger partial charge in [0.25, 0.3) is 0 Å². The topological polar surface area (TPSA) is 116 Å². The number of nitrogens with zero attached hydrogens (tertiary/aromatic N) is 9. The van der Waals surface area contributed by atoms with Gasteiger partial charge in [0.1, 0.15) is 0 Å². The number of benzene rings is 15. The molecule has 0 saturated carbocycles. The maximum atomic E-state index is 4.94. The van der Waals surface area contributed by atoms with Crippen molar-refractivity contribution in [2.75, 3.05) is 0 Å². The van der Waals surface area contributed by atoms with Crippen molar-refractivity contribution in [3.63, 3.8) is 0 Å². The summed E-state index contributed by atoms with van der Waals surface area (Å²) in [7, 11) is 0. The molecular weight excluding hydrogens is 1520 g/mol. The number of pyridine rings is 2. The Balaban J connectivity index is 0.000000115. The summed E-state index contributed by atoms with van der Waals surface area (Å²) in [5.74, 6) is 3.56. The van der Waals surface area contributed by atoms with E-state index in [0.29, 0.717) is 17.5 Å². The molecule has 0 radical (unpaired) electrons. The van der Waals surface area contributed by atoms with Gasteiger partial charge in [-0.05, 0) is 105 Å². The van der Waals surface area contributed by atoms with E-state index >= 15 is 0 Å². The van der Waals surface area contributed by atoms with E-state index in [1.54, 1.807) is 0 Å². The Morgan fingerprint density at radius 3 is 0.600 bits per heavy atom. The standard InChI is InChI=1S/2C24H19N.2C23H18N2.C22H17N3/c1-18-9-8-14-21(15-18)22-16-23(19-10-4-2-5-11-19)25-24(17-22)20-12-6-3-7-13-20;1-18-9-8-14-21(15-18)24-17-22(19-10-4-2-5-11-19)16-23(25-24)20-12-6-3-7-13-20;1-17-9-8-14-20(15-17)23-24-21(18-10-4-2-5-11-18)16-22(25-23)19-12-6-3-7-13-19;1-17-12-14-19(15-13-17)22-16-21(18-8-4-2-5-9-18)24-23(25-22)20-10-6-3-7-11-20;1-16-12-14-19(15-13-16)22-24-20(17-8-4-2-5-9-17)23-21(25-22)18-10-6-3-7-11-18/h2*2-17H,1H3;2*2-16H,1H3;2-15H,1H3. The Labute approximate surface area is 732 Å². The van der Waals surface area contributed by atoms with Gasteiger partial charge in [0.15, 0.2) is 29.1 Å². The highest BCUT2D eigenvalue weighted by Gasteiger charge is 2.17. The van der Waals surface area contributed by atoms with Gasteiger partial charge in [0, 0.05) is 72.3 Å². The average molecular weight is 1610 g/mol. The van der Waals surface area contributed by atoms with Crippen LogP contribution >= 0.6 is 0 Å². The van der Waals surface area contributed by atoms with Crippen molar-refractivity contribution in [2.45, 2.75) is 34.6 Å². The summed E-state index contributed by atoms with van der Waals surface area (Å²) in [6, 6.07) is 157. The number of aromatic nitrogens is 9. The molecule has 125 heavy (non-hydrogen) atoms. The summed E-state index contributed by atoms with van der Waals surface area (Å²) < 4.78 is 0. The predicted molar refractivity (Wildman–Crippen MR) is 518 cm³/mol. The molecule has 0 bridgehead atoms. The van der Waals surface area contributed by atoms with Crippen LogP contribution in [0.2, 0.25) is 0 Å². The minimum atomic E-state index is 0.685. The van der Waals surface area contributed by atoms with E-state index in [4.69, 9.17) is 44.9 Å². The van der Waals surface area contributed by atoms with Gasteiger partial charge in [-0.25, -0.2) is 44.9 Å². The fraction of sp³-hybridized carbons (Fsp3) is 0.0431. The SMILES string of the molecule is Cc1ccc(-c2cc(-c3ccccc3)nc(-c3ccccc3)n2)cc1.Cc1ccc(-c2nc(-c3ccccc3)nc(-c3ccccc3)n2)cc1.Cc1cccc(-c2cc(-c3ccccc3)cc(-c3ccccc3)n2)c1.Cc1cccc(-c2cc(-c3ccccc3)nc(-c3ccccc3)c2)c1.Cc1cccc(-c2nc(-c3ccccc3)cc(-c3ccccc3)n2)c1. The van der Waals surface area contributed by atoms with Crippen molar-refractivity contribution in [3.8, 4) is 169 Å². The zero-order valence-corrected chi connectivity index (χ0v) is 70.4. The van der Waals surface area contributed by atoms with Crippen LogP contribution in [-0.2, 0) is 0 Å². The monoisotopic (exact) mass is 1610 g/mol. The molecule has 0 spiro atoms. The van der Waals surface area contributed by atoms with E-state index in [1.165, 1.54) is 50.1 Å². The summed E-state index contributed by atoms with van der Waals surface area (Å²) in [5, 5.41) is 0. The molecule has 0 N–H and O–H groups in total. The Morgan fingerprint density at radius 2 is 0.296 bits per heavy atom. The Bertz CT molecular complexity index is 6020. The lowest BCUT2D eigenvalue weighted by Gasteiger charge is -2.10. The first-order valence-corrected chi connectivity index (χ1v) is 42.0. The fourth-order valence-corrected chi connectivity index (χ4v) is 14.4. The van der Waals surface area contributed by atoms with E-state index in [-0.39, 0.29) is 0 Å².